The van der Waals surface area contributed by atoms with Crippen LogP contribution < -0.4 is 4.84 Å². The highest BCUT2D eigenvalue weighted by atomic mass is 31.1. The molecule has 1 unspecified atom stereocenters. The summed E-state index contributed by atoms with van der Waals surface area (Å²) in [6, 6.07) is 0. The van der Waals surface area contributed by atoms with Crippen molar-refractivity contribution in [3.8, 4) is 0 Å². The van der Waals surface area contributed by atoms with Gasteiger partial charge in [0.25, 0.3) is 0 Å². The second-order valence-electron chi connectivity index (χ2n) is 1.90. The summed E-state index contributed by atoms with van der Waals surface area (Å²) in [5, 5.41) is 0. The Morgan fingerprint density at radius 2 is 2.46 bits per heavy atom. The van der Waals surface area contributed by atoms with Gasteiger partial charge in [-0.15, -0.1) is 9.42 Å². The van der Waals surface area contributed by atoms with Gasteiger partial charge in [0.05, 0.1) is 6.20 Å². The molecule has 1 atom stereocenters. The first-order chi connectivity index (χ1) is 6.18. The fourth-order valence-corrected chi connectivity index (χ4v) is 0.769. The van der Waals surface area contributed by atoms with Crippen LogP contribution in [0.25, 0.3) is 0 Å². The van der Waals surface area contributed by atoms with Crippen LogP contribution in [-0.2, 0) is 13.9 Å². The number of rotatable bonds is 4. The number of imidazole rings is 1. The minimum Gasteiger partial charge on any atom is -0.333 e. The molecule has 1 aromatic rings. The number of carbonyl (C=O) groups is 1. The first kappa shape index (κ1) is 9.79. The molecule has 0 aliphatic heterocycles. The first-order valence-corrected chi connectivity index (χ1v) is 4.29. The minimum absolute atomic E-state index is 0.579. The molecule has 0 saturated carbocycles. The minimum atomic E-state index is -2.77. The lowest BCUT2D eigenvalue weighted by atomic mass is 10.8. The van der Waals surface area contributed by atoms with Gasteiger partial charge in [-0.25, -0.2) is 9.78 Å². The van der Waals surface area contributed by atoms with Crippen LogP contribution in [0.3, 0.4) is 0 Å². The van der Waals surface area contributed by atoms with Crippen LogP contribution in [-0.4, -0.2) is 27.2 Å². The topological polar surface area (TPSA) is 90.7 Å². The quantitative estimate of drug-likeness (QED) is 0.666. The SMILES string of the molecule is O=C(CO[P+](=O)O)On1ccnc1. The predicted octanol–water partition coefficient (Wildman–Crippen LogP) is -0.495. The van der Waals surface area contributed by atoms with E-state index in [1.807, 2.05) is 0 Å². The lowest BCUT2D eigenvalue weighted by Crippen LogP contribution is -2.21. The predicted molar refractivity (Wildman–Crippen MR) is 39.6 cm³/mol. The zero-order valence-corrected chi connectivity index (χ0v) is 7.26. The maximum absolute atomic E-state index is 10.8. The monoisotopic (exact) mass is 205 g/mol. The van der Waals surface area contributed by atoms with E-state index in [4.69, 9.17) is 4.89 Å². The molecule has 70 valence electrons. The van der Waals surface area contributed by atoms with Gasteiger partial charge in [-0.2, -0.15) is 4.73 Å². The van der Waals surface area contributed by atoms with Crippen molar-refractivity contribution in [1.82, 2.24) is 9.71 Å². The Bertz CT molecular complexity index is 298. The summed E-state index contributed by atoms with van der Waals surface area (Å²) in [5.74, 6) is -0.782. The molecule has 8 heteroatoms. The van der Waals surface area contributed by atoms with Crippen LogP contribution in [0.5, 0.6) is 0 Å². The normalized spacial score (nSPS) is 11.0. The average molecular weight is 205 g/mol. The van der Waals surface area contributed by atoms with E-state index >= 15 is 0 Å². The van der Waals surface area contributed by atoms with Gasteiger partial charge >= 0.3 is 14.2 Å². The highest BCUT2D eigenvalue weighted by Gasteiger charge is 2.16. The zero-order valence-electron chi connectivity index (χ0n) is 6.36. The number of nitrogens with zero attached hydrogens (tertiary/aromatic N) is 2. The molecule has 0 saturated heterocycles. The molecule has 1 aromatic heterocycles. The largest absolute Gasteiger partial charge is 0.695 e. The smallest absolute Gasteiger partial charge is 0.333 e. The summed E-state index contributed by atoms with van der Waals surface area (Å²) in [6.45, 7) is -0.579. The van der Waals surface area contributed by atoms with E-state index in [-0.39, 0.29) is 0 Å². The fourth-order valence-electron chi connectivity index (χ4n) is 0.553. The first-order valence-electron chi connectivity index (χ1n) is 3.16. The van der Waals surface area contributed by atoms with Crippen molar-refractivity contribution < 1.29 is 23.6 Å². The summed E-state index contributed by atoms with van der Waals surface area (Å²) >= 11 is 0. The Hall–Kier alpha value is -1.30. The van der Waals surface area contributed by atoms with Crippen LogP contribution in [0, 0.1) is 0 Å². The summed E-state index contributed by atoms with van der Waals surface area (Å²) in [4.78, 5) is 27.1. The van der Waals surface area contributed by atoms with E-state index in [9.17, 15) is 9.36 Å². The molecule has 0 radical (unpaired) electrons. The molecule has 0 bridgehead atoms. The molecule has 7 nitrogen and oxygen atoms in total. The molecule has 0 aromatic carbocycles. The van der Waals surface area contributed by atoms with Crippen molar-refractivity contribution in [1.29, 1.82) is 0 Å². The summed E-state index contributed by atoms with van der Waals surface area (Å²) in [6.07, 6.45) is 4.08. The fraction of sp³-hybridized carbons (Fsp3) is 0.200. The molecular weight excluding hydrogens is 199 g/mol. The Balaban J connectivity index is 2.30. The molecule has 0 aliphatic rings. The van der Waals surface area contributed by atoms with Gasteiger partial charge in [0.2, 0.25) is 6.61 Å². The van der Waals surface area contributed by atoms with Gasteiger partial charge in [0.1, 0.15) is 6.33 Å². The van der Waals surface area contributed by atoms with Crippen molar-refractivity contribution >= 4 is 14.2 Å². The second-order valence-corrected chi connectivity index (χ2v) is 2.63. The van der Waals surface area contributed by atoms with Crippen LogP contribution in [0.4, 0.5) is 0 Å². The lowest BCUT2D eigenvalue weighted by Gasteiger charge is -1.98. The van der Waals surface area contributed by atoms with Crippen molar-refractivity contribution in [2.45, 2.75) is 0 Å². The zero-order chi connectivity index (χ0) is 9.68. The standard InChI is InChI=1S/C5H5N2O5P/c8-5(3-11-13(9)10)12-7-2-1-6-4-7/h1-2,4H,3H2/p+1. The van der Waals surface area contributed by atoms with Gasteiger partial charge in [0.15, 0.2) is 0 Å². The van der Waals surface area contributed by atoms with Gasteiger partial charge in [-0.05, 0) is 0 Å². The van der Waals surface area contributed by atoms with Gasteiger partial charge < -0.3 is 4.84 Å². The van der Waals surface area contributed by atoms with Crippen molar-refractivity contribution in [3.05, 3.63) is 18.7 Å². The Morgan fingerprint density at radius 3 is 3.00 bits per heavy atom. The Kier molecular flexibility index (Phi) is 3.51. The highest BCUT2D eigenvalue weighted by molar-refractivity contribution is 7.32. The van der Waals surface area contributed by atoms with Crippen molar-refractivity contribution in [2.75, 3.05) is 6.61 Å². The molecule has 13 heavy (non-hydrogen) atoms. The third kappa shape index (κ3) is 3.75. The summed E-state index contributed by atoms with van der Waals surface area (Å²) in [7, 11) is -2.77. The van der Waals surface area contributed by atoms with E-state index in [0.29, 0.717) is 0 Å². The number of hydrogen-bond acceptors (Lipinski definition) is 5. The second kappa shape index (κ2) is 4.66. The number of carbonyl (C=O) groups excluding carboxylic acids is 1. The summed E-state index contributed by atoms with van der Waals surface area (Å²) in [5.41, 5.74) is 0. The van der Waals surface area contributed by atoms with Crippen LogP contribution in [0.15, 0.2) is 18.7 Å². The molecule has 1 heterocycles. The van der Waals surface area contributed by atoms with Crippen LogP contribution in [0.2, 0.25) is 0 Å². The van der Waals surface area contributed by atoms with Crippen LogP contribution in [0.1, 0.15) is 0 Å². The maximum Gasteiger partial charge on any atom is 0.695 e. The Morgan fingerprint density at radius 1 is 1.69 bits per heavy atom. The molecule has 1 rings (SSSR count). The van der Waals surface area contributed by atoms with Gasteiger partial charge in [-0.3, -0.25) is 0 Å². The highest BCUT2D eigenvalue weighted by Crippen LogP contribution is 2.12. The lowest BCUT2D eigenvalue weighted by molar-refractivity contribution is -0.146. The van der Waals surface area contributed by atoms with Gasteiger partial charge in [0, 0.05) is 10.8 Å². The van der Waals surface area contributed by atoms with E-state index < -0.39 is 20.8 Å². The number of aromatic nitrogens is 2. The molecule has 0 amide bonds. The van der Waals surface area contributed by atoms with Gasteiger partial charge in [-0.1, -0.05) is 0 Å². The van der Waals surface area contributed by atoms with E-state index in [2.05, 4.69) is 14.3 Å². The molecule has 0 fully saturated rings. The average Bonchev–Trinajstić information content (AvgIpc) is 2.53. The summed E-state index contributed by atoms with van der Waals surface area (Å²) < 4.78 is 15.2. The third-order valence-electron chi connectivity index (χ3n) is 0.980. The number of hydrogen-bond donors (Lipinski definition) is 1. The van der Waals surface area contributed by atoms with E-state index in [0.717, 1.165) is 4.73 Å². The molecule has 0 spiro atoms. The van der Waals surface area contributed by atoms with Crippen molar-refractivity contribution in [2.24, 2.45) is 0 Å². The van der Waals surface area contributed by atoms with E-state index in [1.54, 1.807) is 0 Å². The molecule has 1 N–H and O–H groups in total. The third-order valence-corrected chi connectivity index (χ3v) is 1.33. The maximum atomic E-state index is 10.8. The molecule has 0 aliphatic carbocycles. The molecular formula is C5H6N2O5P+. The van der Waals surface area contributed by atoms with Crippen molar-refractivity contribution in [3.63, 3.8) is 0 Å². The Labute approximate surface area is 73.8 Å². The van der Waals surface area contributed by atoms with E-state index in [1.165, 1.54) is 18.7 Å². The van der Waals surface area contributed by atoms with Crippen LogP contribution >= 0.6 is 8.25 Å².